The van der Waals surface area contributed by atoms with Gasteiger partial charge in [-0.3, -0.25) is 9.59 Å². The predicted octanol–water partition coefficient (Wildman–Crippen LogP) is -0.305. The highest BCUT2D eigenvalue weighted by Gasteiger charge is 2.29. The summed E-state index contributed by atoms with van der Waals surface area (Å²) in [6, 6.07) is 0. The molecular weight excluding hydrogens is 206 g/mol. The molecule has 4 N–H and O–H groups in total. The van der Waals surface area contributed by atoms with Crippen LogP contribution in [0.25, 0.3) is 0 Å². The Morgan fingerprint density at radius 1 is 1.50 bits per heavy atom. The second-order valence-electron chi connectivity index (χ2n) is 4.61. The van der Waals surface area contributed by atoms with Gasteiger partial charge in [0.05, 0.1) is 5.92 Å². The first-order chi connectivity index (χ1) is 7.54. The molecule has 5 heteroatoms. The minimum absolute atomic E-state index is 0.115. The summed E-state index contributed by atoms with van der Waals surface area (Å²) in [6.45, 7) is 3.79. The molecule has 1 rings (SSSR count). The van der Waals surface area contributed by atoms with Gasteiger partial charge in [0, 0.05) is 19.5 Å². The van der Waals surface area contributed by atoms with Gasteiger partial charge in [-0.05, 0) is 25.3 Å². The van der Waals surface area contributed by atoms with Gasteiger partial charge in [-0.15, -0.1) is 0 Å². The van der Waals surface area contributed by atoms with Crippen molar-refractivity contribution < 1.29 is 9.59 Å². The van der Waals surface area contributed by atoms with Crippen molar-refractivity contribution in [2.45, 2.75) is 26.2 Å². The lowest BCUT2D eigenvalue weighted by molar-refractivity contribution is -0.130. The van der Waals surface area contributed by atoms with Gasteiger partial charge in [-0.25, -0.2) is 0 Å². The van der Waals surface area contributed by atoms with E-state index in [2.05, 4.69) is 0 Å². The minimum atomic E-state index is -0.300. The zero-order chi connectivity index (χ0) is 12.1. The Labute approximate surface area is 96.1 Å². The molecule has 0 saturated carbocycles. The second-order valence-corrected chi connectivity index (χ2v) is 4.61. The molecule has 5 nitrogen and oxygen atoms in total. The van der Waals surface area contributed by atoms with Crippen molar-refractivity contribution in [3.05, 3.63) is 0 Å². The maximum Gasteiger partial charge on any atom is 0.222 e. The third kappa shape index (κ3) is 3.48. The van der Waals surface area contributed by atoms with E-state index in [4.69, 9.17) is 11.5 Å². The van der Waals surface area contributed by atoms with Crippen LogP contribution in [0.1, 0.15) is 26.2 Å². The van der Waals surface area contributed by atoms with E-state index in [0.29, 0.717) is 38.4 Å². The Bertz CT molecular complexity index is 268. The summed E-state index contributed by atoms with van der Waals surface area (Å²) in [5.41, 5.74) is 10.7. The monoisotopic (exact) mass is 227 g/mol. The number of primary amides is 1. The Morgan fingerprint density at radius 2 is 2.19 bits per heavy atom. The quantitative estimate of drug-likeness (QED) is 0.675. The Kier molecular flexibility index (Phi) is 4.73. The van der Waals surface area contributed by atoms with Crippen LogP contribution in [-0.4, -0.2) is 36.3 Å². The molecule has 1 aliphatic heterocycles. The fraction of sp³-hybridized carbons (Fsp3) is 0.818. The number of hydrogen-bond donors (Lipinski definition) is 2. The normalized spacial score (nSPS) is 22.1. The average Bonchev–Trinajstić information content (AvgIpc) is 2.74. The van der Waals surface area contributed by atoms with Crippen LogP contribution in [0.4, 0.5) is 0 Å². The molecule has 0 aromatic carbocycles. The van der Waals surface area contributed by atoms with E-state index in [9.17, 15) is 9.59 Å². The van der Waals surface area contributed by atoms with Crippen molar-refractivity contribution in [1.82, 2.24) is 4.90 Å². The van der Waals surface area contributed by atoms with Crippen LogP contribution in [0.3, 0.4) is 0 Å². The van der Waals surface area contributed by atoms with Crippen molar-refractivity contribution in [2.75, 3.05) is 19.6 Å². The molecule has 0 bridgehead atoms. The molecule has 0 spiro atoms. The maximum absolute atomic E-state index is 11.8. The summed E-state index contributed by atoms with van der Waals surface area (Å²) in [7, 11) is 0. The molecule has 0 radical (unpaired) electrons. The van der Waals surface area contributed by atoms with Crippen molar-refractivity contribution in [3.63, 3.8) is 0 Å². The highest BCUT2D eigenvalue weighted by atomic mass is 16.2. The molecule has 2 unspecified atom stereocenters. The summed E-state index contributed by atoms with van der Waals surface area (Å²) in [5.74, 6) is 0.0315. The summed E-state index contributed by atoms with van der Waals surface area (Å²) in [6.07, 6.45) is 2.03. The molecule has 92 valence electrons. The molecular formula is C11H21N3O2. The fourth-order valence-electron chi connectivity index (χ4n) is 1.86. The number of likely N-dealkylation sites (tertiary alicyclic amines) is 1. The number of carbonyl (C=O) groups is 2. The first-order valence-corrected chi connectivity index (χ1v) is 5.81. The van der Waals surface area contributed by atoms with E-state index in [1.807, 2.05) is 6.92 Å². The zero-order valence-electron chi connectivity index (χ0n) is 9.82. The first kappa shape index (κ1) is 13.0. The maximum atomic E-state index is 11.8. The molecule has 1 aliphatic rings. The van der Waals surface area contributed by atoms with Gasteiger partial charge in [-0.1, -0.05) is 6.92 Å². The lowest BCUT2D eigenvalue weighted by Gasteiger charge is -2.17. The summed E-state index contributed by atoms with van der Waals surface area (Å²) in [4.78, 5) is 24.5. The van der Waals surface area contributed by atoms with E-state index < -0.39 is 0 Å². The summed E-state index contributed by atoms with van der Waals surface area (Å²) in [5, 5.41) is 0. The average molecular weight is 227 g/mol. The minimum Gasteiger partial charge on any atom is -0.369 e. The van der Waals surface area contributed by atoms with Gasteiger partial charge in [0.25, 0.3) is 0 Å². The molecule has 16 heavy (non-hydrogen) atoms. The topological polar surface area (TPSA) is 89.4 Å². The predicted molar refractivity (Wildman–Crippen MR) is 61.3 cm³/mol. The van der Waals surface area contributed by atoms with E-state index in [-0.39, 0.29) is 17.7 Å². The van der Waals surface area contributed by atoms with Crippen LogP contribution >= 0.6 is 0 Å². The standard InChI is InChI=1S/C11H21N3O2/c1-8(6-12)2-3-10(15)14-5-4-9(7-14)11(13)16/h8-9H,2-7,12H2,1H3,(H2,13,16). The number of amides is 2. The van der Waals surface area contributed by atoms with Gasteiger partial charge < -0.3 is 16.4 Å². The van der Waals surface area contributed by atoms with E-state index >= 15 is 0 Å². The Morgan fingerprint density at radius 3 is 2.69 bits per heavy atom. The second kappa shape index (κ2) is 5.84. The van der Waals surface area contributed by atoms with E-state index in [1.54, 1.807) is 4.90 Å². The summed E-state index contributed by atoms with van der Waals surface area (Å²) < 4.78 is 0. The fourth-order valence-corrected chi connectivity index (χ4v) is 1.86. The van der Waals surface area contributed by atoms with Gasteiger partial charge in [-0.2, -0.15) is 0 Å². The lowest BCUT2D eigenvalue weighted by atomic mass is 10.1. The van der Waals surface area contributed by atoms with E-state index in [0.717, 1.165) is 6.42 Å². The van der Waals surface area contributed by atoms with Crippen LogP contribution in [0.2, 0.25) is 0 Å². The Hall–Kier alpha value is -1.10. The molecule has 1 saturated heterocycles. The van der Waals surface area contributed by atoms with Crippen LogP contribution in [0.15, 0.2) is 0 Å². The molecule has 0 aromatic rings. The Balaban J connectivity index is 2.31. The number of rotatable bonds is 5. The lowest BCUT2D eigenvalue weighted by Crippen LogP contribution is -2.32. The van der Waals surface area contributed by atoms with Gasteiger partial charge >= 0.3 is 0 Å². The van der Waals surface area contributed by atoms with Crippen LogP contribution in [0, 0.1) is 11.8 Å². The number of nitrogens with zero attached hydrogens (tertiary/aromatic N) is 1. The van der Waals surface area contributed by atoms with E-state index in [1.165, 1.54) is 0 Å². The van der Waals surface area contributed by atoms with Crippen LogP contribution in [0.5, 0.6) is 0 Å². The number of hydrogen-bond acceptors (Lipinski definition) is 3. The zero-order valence-corrected chi connectivity index (χ0v) is 9.82. The number of carbonyl (C=O) groups excluding carboxylic acids is 2. The van der Waals surface area contributed by atoms with Gasteiger partial charge in [0.2, 0.25) is 11.8 Å². The third-order valence-electron chi connectivity index (χ3n) is 3.20. The highest BCUT2D eigenvalue weighted by molar-refractivity contribution is 5.81. The molecule has 0 aliphatic carbocycles. The number of nitrogens with two attached hydrogens (primary N) is 2. The van der Waals surface area contributed by atoms with Crippen molar-refractivity contribution >= 4 is 11.8 Å². The van der Waals surface area contributed by atoms with Crippen molar-refractivity contribution in [2.24, 2.45) is 23.3 Å². The molecule has 2 atom stereocenters. The van der Waals surface area contributed by atoms with Gasteiger partial charge in [0.15, 0.2) is 0 Å². The smallest absolute Gasteiger partial charge is 0.222 e. The van der Waals surface area contributed by atoms with Crippen LogP contribution < -0.4 is 11.5 Å². The molecule has 0 aromatic heterocycles. The van der Waals surface area contributed by atoms with Crippen molar-refractivity contribution in [1.29, 1.82) is 0 Å². The molecule has 2 amide bonds. The molecule has 1 heterocycles. The first-order valence-electron chi connectivity index (χ1n) is 5.81. The molecule has 1 fully saturated rings. The highest BCUT2D eigenvalue weighted by Crippen LogP contribution is 2.17. The summed E-state index contributed by atoms with van der Waals surface area (Å²) >= 11 is 0. The SMILES string of the molecule is CC(CN)CCC(=O)N1CCC(C(N)=O)C1. The largest absolute Gasteiger partial charge is 0.369 e. The van der Waals surface area contributed by atoms with Gasteiger partial charge in [0.1, 0.15) is 0 Å². The van der Waals surface area contributed by atoms with Crippen LogP contribution in [-0.2, 0) is 9.59 Å². The third-order valence-corrected chi connectivity index (χ3v) is 3.20. The van der Waals surface area contributed by atoms with Crippen molar-refractivity contribution in [3.8, 4) is 0 Å².